The van der Waals surface area contributed by atoms with E-state index in [-0.39, 0.29) is 12.2 Å². The van der Waals surface area contributed by atoms with Crippen LogP contribution < -0.4 is 20.1 Å². The summed E-state index contributed by atoms with van der Waals surface area (Å²) in [6.07, 6.45) is 3.52. The highest BCUT2D eigenvalue weighted by molar-refractivity contribution is 6.35. The van der Waals surface area contributed by atoms with Crippen LogP contribution in [0.4, 0.5) is 4.79 Å². The SMILES string of the molecule is C=CCc1cc(C=C2C(=O)NC(=O)NC2=O)cc(OCC)c1OCc1ccc(Cl)cc1Cl. The van der Waals surface area contributed by atoms with E-state index in [1.807, 2.05) is 17.6 Å². The average Bonchev–Trinajstić information content (AvgIpc) is 2.72. The molecule has 0 radical (unpaired) electrons. The van der Waals surface area contributed by atoms with Crippen molar-refractivity contribution in [3.63, 3.8) is 0 Å². The Labute approximate surface area is 195 Å². The van der Waals surface area contributed by atoms with E-state index in [2.05, 4.69) is 6.58 Å². The average molecular weight is 475 g/mol. The minimum atomic E-state index is -0.857. The molecule has 0 bridgehead atoms. The molecule has 0 saturated carbocycles. The lowest BCUT2D eigenvalue weighted by Crippen LogP contribution is -2.51. The fraction of sp³-hybridized carbons (Fsp3) is 0.174. The number of amides is 4. The van der Waals surface area contributed by atoms with Gasteiger partial charge in [0, 0.05) is 21.2 Å². The molecule has 3 rings (SSSR count). The van der Waals surface area contributed by atoms with Gasteiger partial charge in [0.25, 0.3) is 11.8 Å². The van der Waals surface area contributed by atoms with Crippen LogP contribution in [0.2, 0.25) is 10.0 Å². The van der Waals surface area contributed by atoms with Crippen molar-refractivity contribution in [1.82, 2.24) is 10.6 Å². The Balaban J connectivity index is 1.99. The standard InChI is InChI=1S/C23H20Cl2N2O5/c1-3-5-14-8-13(9-17-21(28)26-23(30)27-22(17)29)10-19(31-4-2)20(14)32-12-15-6-7-16(24)11-18(15)25/h3,6-11H,1,4-5,12H2,2H3,(H2,26,27,28,29,30). The Morgan fingerprint density at radius 3 is 2.34 bits per heavy atom. The molecular weight excluding hydrogens is 455 g/mol. The second-order valence-electron chi connectivity index (χ2n) is 6.75. The van der Waals surface area contributed by atoms with Crippen molar-refractivity contribution in [2.45, 2.75) is 20.0 Å². The Hall–Kier alpha value is -3.29. The van der Waals surface area contributed by atoms with Crippen LogP contribution in [-0.2, 0) is 22.6 Å². The van der Waals surface area contributed by atoms with E-state index in [0.717, 1.165) is 11.1 Å². The molecule has 2 aromatic carbocycles. The largest absolute Gasteiger partial charge is 0.490 e. The molecule has 0 aromatic heterocycles. The third-order valence-electron chi connectivity index (χ3n) is 4.46. The lowest BCUT2D eigenvalue weighted by atomic mass is 10.0. The maximum atomic E-state index is 12.1. The number of halogens is 2. The van der Waals surface area contributed by atoms with Gasteiger partial charge in [-0.25, -0.2) is 4.79 Å². The first-order valence-corrected chi connectivity index (χ1v) is 10.4. The van der Waals surface area contributed by atoms with E-state index in [9.17, 15) is 14.4 Å². The highest BCUT2D eigenvalue weighted by Gasteiger charge is 2.28. The molecule has 7 nitrogen and oxygen atoms in total. The van der Waals surface area contributed by atoms with E-state index in [1.54, 1.807) is 36.4 Å². The van der Waals surface area contributed by atoms with Gasteiger partial charge in [-0.3, -0.25) is 20.2 Å². The first-order valence-electron chi connectivity index (χ1n) is 9.68. The molecule has 1 fully saturated rings. The summed E-state index contributed by atoms with van der Waals surface area (Å²) in [6, 6.07) is 7.69. The number of imide groups is 2. The van der Waals surface area contributed by atoms with Gasteiger partial charge in [0.05, 0.1) is 6.61 Å². The quantitative estimate of drug-likeness (QED) is 0.334. The van der Waals surface area contributed by atoms with Gasteiger partial charge in [0.1, 0.15) is 12.2 Å². The number of hydrogen-bond donors (Lipinski definition) is 2. The van der Waals surface area contributed by atoms with Crippen LogP contribution in [0.5, 0.6) is 11.5 Å². The number of allylic oxidation sites excluding steroid dienone is 1. The normalized spacial score (nSPS) is 13.3. The Bertz CT molecular complexity index is 1110. The molecule has 1 aliphatic rings. The monoisotopic (exact) mass is 474 g/mol. The van der Waals surface area contributed by atoms with Gasteiger partial charge in [-0.2, -0.15) is 0 Å². The molecule has 32 heavy (non-hydrogen) atoms. The van der Waals surface area contributed by atoms with Crippen molar-refractivity contribution >= 4 is 47.1 Å². The third-order valence-corrected chi connectivity index (χ3v) is 5.05. The molecule has 1 heterocycles. The fourth-order valence-corrected chi connectivity index (χ4v) is 3.53. The van der Waals surface area contributed by atoms with Gasteiger partial charge >= 0.3 is 6.03 Å². The van der Waals surface area contributed by atoms with Crippen LogP contribution in [0.1, 0.15) is 23.6 Å². The second-order valence-corrected chi connectivity index (χ2v) is 7.60. The van der Waals surface area contributed by atoms with E-state index < -0.39 is 17.8 Å². The van der Waals surface area contributed by atoms with Crippen LogP contribution in [0.15, 0.2) is 48.6 Å². The molecule has 9 heteroatoms. The predicted octanol–water partition coefficient (Wildman–Crippen LogP) is 4.45. The zero-order valence-electron chi connectivity index (χ0n) is 17.2. The summed E-state index contributed by atoms with van der Waals surface area (Å²) in [5.41, 5.74) is 1.81. The van der Waals surface area contributed by atoms with Gasteiger partial charge in [-0.1, -0.05) is 35.3 Å². The third kappa shape index (κ3) is 5.49. The number of barbiturate groups is 1. The Morgan fingerprint density at radius 2 is 1.72 bits per heavy atom. The summed E-state index contributed by atoms with van der Waals surface area (Å²) in [4.78, 5) is 35.4. The molecule has 166 valence electrons. The van der Waals surface area contributed by atoms with Crippen molar-refractivity contribution in [3.8, 4) is 11.5 Å². The van der Waals surface area contributed by atoms with Gasteiger partial charge in [-0.15, -0.1) is 6.58 Å². The lowest BCUT2D eigenvalue weighted by Gasteiger charge is -2.18. The molecule has 2 N–H and O–H groups in total. The summed E-state index contributed by atoms with van der Waals surface area (Å²) in [6.45, 7) is 6.14. The van der Waals surface area contributed by atoms with Crippen molar-refractivity contribution in [2.75, 3.05) is 6.61 Å². The Morgan fingerprint density at radius 1 is 1.00 bits per heavy atom. The van der Waals surface area contributed by atoms with E-state index in [4.69, 9.17) is 32.7 Å². The van der Waals surface area contributed by atoms with Crippen molar-refractivity contribution in [2.24, 2.45) is 0 Å². The number of benzene rings is 2. The van der Waals surface area contributed by atoms with Crippen molar-refractivity contribution in [1.29, 1.82) is 0 Å². The van der Waals surface area contributed by atoms with Crippen LogP contribution in [0.3, 0.4) is 0 Å². The summed E-state index contributed by atoms with van der Waals surface area (Å²) in [5.74, 6) is -0.636. The maximum Gasteiger partial charge on any atom is 0.328 e. The molecule has 0 spiro atoms. The first-order chi connectivity index (χ1) is 15.3. The van der Waals surface area contributed by atoms with E-state index in [0.29, 0.717) is 40.1 Å². The van der Waals surface area contributed by atoms with Crippen molar-refractivity contribution < 1.29 is 23.9 Å². The predicted molar refractivity (Wildman–Crippen MR) is 122 cm³/mol. The fourth-order valence-electron chi connectivity index (χ4n) is 3.06. The molecule has 0 aliphatic carbocycles. The second kappa shape index (κ2) is 10.3. The lowest BCUT2D eigenvalue weighted by molar-refractivity contribution is -0.123. The smallest absolute Gasteiger partial charge is 0.328 e. The molecule has 2 aromatic rings. The minimum absolute atomic E-state index is 0.174. The number of ether oxygens (including phenoxy) is 2. The molecular formula is C23H20Cl2N2O5. The number of rotatable bonds is 8. The Kier molecular flexibility index (Phi) is 7.56. The van der Waals surface area contributed by atoms with E-state index in [1.165, 1.54) is 6.08 Å². The van der Waals surface area contributed by atoms with Crippen LogP contribution in [-0.4, -0.2) is 24.5 Å². The van der Waals surface area contributed by atoms with Gasteiger partial charge < -0.3 is 9.47 Å². The number of nitrogens with one attached hydrogen (secondary N) is 2. The van der Waals surface area contributed by atoms with Crippen molar-refractivity contribution in [3.05, 3.63) is 75.3 Å². The summed E-state index contributed by atoms with van der Waals surface area (Å²) >= 11 is 12.2. The molecule has 4 amide bonds. The molecule has 0 unspecified atom stereocenters. The number of hydrogen-bond acceptors (Lipinski definition) is 5. The zero-order valence-corrected chi connectivity index (χ0v) is 18.7. The zero-order chi connectivity index (χ0) is 23.3. The van der Waals surface area contributed by atoms with E-state index >= 15 is 0 Å². The highest BCUT2D eigenvalue weighted by atomic mass is 35.5. The summed E-state index contributed by atoms with van der Waals surface area (Å²) < 4.78 is 11.8. The van der Waals surface area contributed by atoms with Gasteiger partial charge in [-0.05, 0) is 49.2 Å². The minimum Gasteiger partial charge on any atom is -0.490 e. The van der Waals surface area contributed by atoms with Gasteiger partial charge in [0.15, 0.2) is 11.5 Å². The number of carbonyl (C=O) groups excluding carboxylic acids is 3. The summed E-state index contributed by atoms with van der Waals surface area (Å²) in [5, 5.41) is 5.09. The van der Waals surface area contributed by atoms with Gasteiger partial charge in [0.2, 0.25) is 0 Å². The topological polar surface area (TPSA) is 93.7 Å². The molecule has 1 saturated heterocycles. The number of urea groups is 1. The molecule has 0 atom stereocenters. The van der Waals surface area contributed by atoms with Crippen LogP contribution >= 0.6 is 23.2 Å². The first kappa shape index (κ1) is 23.4. The maximum absolute atomic E-state index is 12.1. The summed E-state index contributed by atoms with van der Waals surface area (Å²) in [7, 11) is 0. The van der Waals surface area contributed by atoms with Crippen LogP contribution in [0, 0.1) is 0 Å². The van der Waals surface area contributed by atoms with Crippen LogP contribution in [0.25, 0.3) is 6.08 Å². The highest BCUT2D eigenvalue weighted by Crippen LogP contribution is 2.36. The number of carbonyl (C=O) groups is 3. The molecule has 1 aliphatic heterocycles.